The molecule has 20 heavy (non-hydrogen) atoms. The van der Waals surface area contributed by atoms with Crippen molar-refractivity contribution < 1.29 is 9.53 Å². The van der Waals surface area contributed by atoms with E-state index in [1.165, 1.54) is 0 Å². The van der Waals surface area contributed by atoms with Crippen LogP contribution in [0.2, 0.25) is 0 Å². The summed E-state index contributed by atoms with van der Waals surface area (Å²) in [7, 11) is 0. The highest BCUT2D eigenvalue weighted by molar-refractivity contribution is 5.84. The molecule has 1 fully saturated rings. The molecule has 0 aromatic heterocycles. The summed E-state index contributed by atoms with van der Waals surface area (Å²) >= 11 is 0. The molecule has 108 valence electrons. The van der Waals surface area contributed by atoms with E-state index in [1.54, 1.807) is 0 Å². The first-order valence-electron chi connectivity index (χ1n) is 7.28. The average Bonchev–Trinajstić information content (AvgIpc) is 2.48. The molecule has 2 N–H and O–H groups in total. The molecule has 0 unspecified atom stereocenters. The third kappa shape index (κ3) is 3.04. The first kappa shape index (κ1) is 13.2. The number of anilines is 2. The van der Waals surface area contributed by atoms with E-state index < -0.39 is 0 Å². The zero-order chi connectivity index (χ0) is 13.8. The van der Waals surface area contributed by atoms with E-state index in [0.29, 0.717) is 6.54 Å². The monoisotopic (exact) mass is 275 g/mol. The standard InChI is InChI=1S/C15H21N3O2/c19-15(17-12-5-9-20-10-6-12)11-18-8-7-16-13-3-1-2-4-14(13)18/h1-4,12,16H,5-11H2,(H,17,19). The van der Waals surface area contributed by atoms with E-state index in [9.17, 15) is 4.79 Å². The lowest BCUT2D eigenvalue weighted by Gasteiger charge is -2.32. The van der Waals surface area contributed by atoms with Crippen molar-refractivity contribution in [3.05, 3.63) is 24.3 Å². The Bertz CT molecular complexity index is 472. The van der Waals surface area contributed by atoms with Gasteiger partial charge in [0.25, 0.3) is 0 Å². The quantitative estimate of drug-likeness (QED) is 0.871. The highest BCUT2D eigenvalue weighted by atomic mass is 16.5. The van der Waals surface area contributed by atoms with Crippen molar-refractivity contribution in [2.45, 2.75) is 18.9 Å². The Labute approximate surface area is 119 Å². The molecule has 5 heteroatoms. The van der Waals surface area contributed by atoms with E-state index >= 15 is 0 Å². The largest absolute Gasteiger partial charge is 0.382 e. The van der Waals surface area contributed by atoms with Gasteiger partial charge in [-0.1, -0.05) is 12.1 Å². The number of ether oxygens (including phenoxy) is 1. The van der Waals surface area contributed by atoms with E-state index in [1.807, 2.05) is 12.1 Å². The number of para-hydroxylation sites is 2. The maximum absolute atomic E-state index is 12.2. The van der Waals surface area contributed by atoms with Crippen LogP contribution >= 0.6 is 0 Å². The molecule has 1 saturated heterocycles. The van der Waals surface area contributed by atoms with Crippen LogP contribution in [0.4, 0.5) is 11.4 Å². The van der Waals surface area contributed by atoms with Gasteiger partial charge >= 0.3 is 0 Å². The molecule has 2 aliphatic heterocycles. The lowest BCUT2D eigenvalue weighted by atomic mass is 10.1. The molecule has 0 spiro atoms. The second kappa shape index (κ2) is 6.13. The molecular formula is C15H21N3O2. The van der Waals surface area contributed by atoms with Gasteiger partial charge in [0, 0.05) is 32.3 Å². The van der Waals surface area contributed by atoms with Crippen molar-refractivity contribution in [3.63, 3.8) is 0 Å². The third-order valence-corrected chi connectivity index (χ3v) is 3.86. The molecule has 0 bridgehead atoms. The summed E-state index contributed by atoms with van der Waals surface area (Å²) in [5, 5.41) is 6.47. The van der Waals surface area contributed by atoms with Crippen LogP contribution in [0.15, 0.2) is 24.3 Å². The molecule has 1 aromatic carbocycles. The molecule has 0 saturated carbocycles. The highest BCUT2D eigenvalue weighted by Crippen LogP contribution is 2.27. The van der Waals surface area contributed by atoms with Gasteiger partial charge in [-0.2, -0.15) is 0 Å². The summed E-state index contributed by atoms with van der Waals surface area (Å²) in [5.74, 6) is 0.105. The molecule has 2 aliphatic rings. The zero-order valence-corrected chi connectivity index (χ0v) is 11.6. The number of nitrogens with zero attached hydrogens (tertiary/aromatic N) is 1. The van der Waals surface area contributed by atoms with Crippen molar-refractivity contribution >= 4 is 17.3 Å². The fourth-order valence-electron chi connectivity index (χ4n) is 2.80. The van der Waals surface area contributed by atoms with Gasteiger partial charge in [0.15, 0.2) is 0 Å². The number of hydrogen-bond acceptors (Lipinski definition) is 4. The van der Waals surface area contributed by atoms with E-state index in [0.717, 1.165) is 50.5 Å². The summed E-state index contributed by atoms with van der Waals surface area (Å²) < 4.78 is 5.31. The predicted molar refractivity (Wildman–Crippen MR) is 79.1 cm³/mol. The Kier molecular flexibility index (Phi) is 4.06. The highest BCUT2D eigenvalue weighted by Gasteiger charge is 2.21. The number of nitrogens with one attached hydrogen (secondary N) is 2. The van der Waals surface area contributed by atoms with Crippen molar-refractivity contribution in [1.82, 2.24) is 5.32 Å². The Morgan fingerprint density at radius 1 is 1.35 bits per heavy atom. The Morgan fingerprint density at radius 3 is 3.00 bits per heavy atom. The predicted octanol–water partition coefficient (Wildman–Crippen LogP) is 1.21. The fraction of sp³-hybridized carbons (Fsp3) is 0.533. The summed E-state index contributed by atoms with van der Waals surface area (Å²) in [6.45, 7) is 3.67. The second-order valence-electron chi connectivity index (χ2n) is 5.32. The van der Waals surface area contributed by atoms with Crippen molar-refractivity contribution in [2.24, 2.45) is 0 Å². The van der Waals surface area contributed by atoms with Gasteiger partial charge in [0.2, 0.25) is 5.91 Å². The van der Waals surface area contributed by atoms with E-state index in [-0.39, 0.29) is 11.9 Å². The van der Waals surface area contributed by atoms with Crippen LogP contribution in [-0.4, -0.2) is 44.8 Å². The van der Waals surface area contributed by atoms with Crippen LogP contribution in [0.3, 0.4) is 0 Å². The minimum Gasteiger partial charge on any atom is -0.382 e. The van der Waals surface area contributed by atoms with Gasteiger partial charge in [-0.25, -0.2) is 0 Å². The van der Waals surface area contributed by atoms with Gasteiger partial charge < -0.3 is 20.3 Å². The molecule has 0 atom stereocenters. The van der Waals surface area contributed by atoms with Crippen LogP contribution < -0.4 is 15.5 Å². The van der Waals surface area contributed by atoms with Crippen LogP contribution in [0.5, 0.6) is 0 Å². The van der Waals surface area contributed by atoms with Gasteiger partial charge in [-0.15, -0.1) is 0 Å². The van der Waals surface area contributed by atoms with Gasteiger partial charge in [-0.3, -0.25) is 4.79 Å². The van der Waals surface area contributed by atoms with Crippen molar-refractivity contribution in [1.29, 1.82) is 0 Å². The van der Waals surface area contributed by atoms with Gasteiger partial charge in [0.1, 0.15) is 0 Å². The molecule has 2 heterocycles. The maximum atomic E-state index is 12.2. The fourth-order valence-corrected chi connectivity index (χ4v) is 2.80. The Balaban J connectivity index is 1.59. The van der Waals surface area contributed by atoms with Gasteiger partial charge in [-0.05, 0) is 25.0 Å². The number of rotatable bonds is 3. The second-order valence-corrected chi connectivity index (χ2v) is 5.32. The van der Waals surface area contributed by atoms with E-state index in [2.05, 4.69) is 27.7 Å². The van der Waals surface area contributed by atoms with Crippen LogP contribution in [0.25, 0.3) is 0 Å². The van der Waals surface area contributed by atoms with Crippen LogP contribution in [0, 0.1) is 0 Å². The third-order valence-electron chi connectivity index (χ3n) is 3.86. The van der Waals surface area contributed by atoms with E-state index in [4.69, 9.17) is 4.74 Å². The molecule has 1 amide bonds. The normalized spacial score (nSPS) is 19.1. The summed E-state index contributed by atoms with van der Waals surface area (Å²) in [5.41, 5.74) is 2.22. The first-order valence-corrected chi connectivity index (χ1v) is 7.28. The first-order chi connectivity index (χ1) is 9.83. The molecule has 0 radical (unpaired) electrons. The van der Waals surface area contributed by atoms with Crippen molar-refractivity contribution in [3.8, 4) is 0 Å². The van der Waals surface area contributed by atoms with Crippen LogP contribution in [-0.2, 0) is 9.53 Å². The minimum atomic E-state index is 0.105. The summed E-state index contributed by atoms with van der Waals surface area (Å²) in [6.07, 6.45) is 1.84. The van der Waals surface area contributed by atoms with Crippen LogP contribution in [0.1, 0.15) is 12.8 Å². The Hall–Kier alpha value is -1.75. The number of carbonyl (C=O) groups is 1. The topological polar surface area (TPSA) is 53.6 Å². The smallest absolute Gasteiger partial charge is 0.239 e. The number of fused-ring (bicyclic) bond motifs is 1. The lowest BCUT2D eigenvalue weighted by Crippen LogP contribution is -2.46. The molecule has 3 rings (SSSR count). The molecule has 1 aromatic rings. The zero-order valence-electron chi connectivity index (χ0n) is 11.6. The van der Waals surface area contributed by atoms with Gasteiger partial charge in [0.05, 0.1) is 17.9 Å². The lowest BCUT2D eigenvalue weighted by molar-refractivity contribution is -0.121. The number of carbonyl (C=O) groups excluding carboxylic acids is 1. The molecular weight excluding hydrogens is 254 g/mol. The SMILES string of the molecule is O=C(CN1CCNc2ccccc21)NC1CCOCC1. The summed E-state index contributed by atoms with van der Waals surface area (Å²) in [4.78, 5) is 14.3. The van der Waals surface area contributed by atoms with Crippen molar-refractivity contribution in [2.75, 3.05) is 43.1 Å². The maximum Gasteiger partial charge on any atom is 0.239 e. The molecule has 0 aliphatic carbocycles. The minimum absolute atomic E-state index is 0.105. The summed E-state index contributed by atoms with van der Waals surface area (Å²) in [6, 6.07) is 8.41. The average molecular weight is 275 g/mol. The number of amides is 1. The number of hydrogen-bond donors (Lipinski definition) is 2. The number of benzene rings is 1. The Morgan fingerprint density at radius 2 is 2.15 bits per heavy atom. The molecule has 5 nitrogen and oxygen atoms in total.